The van der Waals surface area contributed by atoms with Crippen LogP contribution in [0.4, 0.5) is 13.2 Å². The molecule has 2 heterocycles. The van der Waals surface area contributed by atoms with E-state index in [9.17, 15) is 13.2 Å². The minimum atomic E-state index is -1.16. The Kier molecular flexibility index (Phi) is 4.08. The van der Waals surface area contributed by atoms with Gasteiger partial charge in [-0.3, -0.25) is 4.90 Å². The smallest absolute Gasteiger partial charge is 0.161 e. The number of hydrogen-bond donors (Lipinski definition) is 2. The topological polar surface area (TPSA) is 57.9 Å². The van der Waals surface area contributed by atoms with Crippen molar-refractivity contribution < 1.29 is 13.2 Å². The highest BCUT2D eigenvalue weighted by atomic mass is 19.2. The van der Waals surface area contributed by atoms with E-state index >= 15 is 0 Å². The molecule has 1 fully saturated rings. The molecule has 134 valence electrons. The number of halogens is 3. The zero-order valence-electron chi connectivity index (χ0n) is 14.0. The molecule has 2 aromatic rings. The first-order valence-corrected chi connectivity index (χ1v) is 8.60. The van der Waals surface area contributed by atoms with Gasteiger partial charge < -0.3 is 10.7 Å². The fraction of sp³-hybridized carbons (Fsp3) is 0.500. The van der Waals surface area contributed by atoms with E-state index < -0.39 is 17.5 Å². The van der Waals surface area contributed by atoms with Crippen molar-refractivity contribution in [2.24, 2.45) is 5.73 Å². The fourth-order valence-corrected chi connectivity index (χ4v) is 4.28. The van der Waals surface area contributed by atoms with Crippen molar-refractivity contribution in [3.63, 3.8) is 0 Å². The summed E-state index contributed by atoms with van der Waals surface area (Å²) < 4.78 is 40.7. The average Bonchev–Trinajstić information content (AvgIpc) is 3.08. The number of aromatic amines is 1. The first-order valence-electron chi connectivity index (χ1n) is 8.60. The van der Waals surface area contributed by atoms with Crippen LogP contribution in [0.3, 0.4) is 0 Å². The van der Waals surface area contributed by atoms with Gasteiger partial charge >= 0.3 is 0 Å². The van der Waals surface area contributed by atoms with Crippen LogP contribution in [-0.4, -0.2) is 27.0 Å². The molecule has 0 amide bonds. The minimum absolute atomic E-state index is 0.189. The van der Waals surface area contributed by atoms with Crippen molar-refractivity contribution in [2.45, 2.75) is 57.3 Å². The Morgan fingerprint density at radius 2 is 1.88 bits per heavy atom. The number of rotatable bonds is 2. The van der Waals surface area contributed by atoms with Gasteiger partial charge in [-0.25, -0.2) is 18.2 Å². The lowest BCUT2D eigenvalue weighted by atomic mass is 9.77. The Morgan fingerprint density at radius 1 is 1.12 bits per heavy atom. The molecule has 0 bridgehead atoms. The lowest BCUT2D eigenvalue weighted by Gasteiger charge is -2.38. The van der Waals surface area contributed by atoms with Crippen molar-refractivity contribution in [1.82, 2.24) is 14.9 Å². The number of benzene rings is 1. The lowest BCUT2D eigenvalue weighted by Crippen LogP contribution is -2.44. The van der Waals surface area contributed by atoms with Gasteiger partial charge in [0.1, 0.15) is 11.6 Å². The highest BCUT2D eigenvalue weighted by molar-refractivity contribution is 5.26. The van der Waals surface area contributed by atoms with E-state index in [-0.39, 0.29) is 17.5 Å². The average molecular weight is 350 g/mol. The van der Waals surface area contributed by atoms with E-state index in [1.54, 1.807) is 0 Å². The number of nitrogens with two attached hydrogens (primary N) is 1. The molecule has 0 saturated heterocycles. The third kappa shape index (κ3) is 2.95. The highest BCUT2D eigenvalue weighted by Crippen LogP contribution is 2.38. The number of aromatic nitrogens is 2. The molecular formula is C18H21F3N4. The predicted octanol–water partition coefficient (Wildman–Crippen LogP) is 3.11. The highest BCUT2D eigenvalue weighted by Gasteiger charge is 2.36. The van der Waals surface area contributed by atoms with Gasteiger partial charge in [0.15, 0.2) is 11.6 Å². The van der Waals surface area contributed by atoms with Crippen LogP contribution in [0.2, 0.25) is 0 Å². The zero-order valence-corrected chi connectivity index (χ0v) is 14.0. The number of hydrogen-bond acceptors (Lipinski definition) is 3. The van der Waals surface area contributed by atoms with Gasteiger partial charge in [-0.1, -0.05) is 0 Å². The second kappa shape index (κ2) is 6.14. The first kappa shape index (κ1) is 16.6. The molecule has 1 aliphatic carbocycles. The van der Waals surface area contributed by atoms with Gasteiger partial charge in [-0.2, -0.15) is 0 Å². The van der Waals surface area contributed by atoms with Gasteiger partial charge in [-0.05, 0) is 37.8 Å². The standard InChI is InChI=1S/C18H21F3N4/c1-9-23-17-7-25(8-18(17)24-9)10-2-3-11(16(22)4-10)12-5-14(20)15(21)6-13(12)19/h5-6,10-11,16H,2-4,7-8,22H2,1H3,(H,23,24)/t10-,11?,16-/m0/s1. The monoisotopic (exact) mass is 350 g/mol. The van der Waals surface area contributed by atoms with Gasteiger partial charge in [0.05, 0.1) is 11.4 Å². The molecule has 2 aliphatic rings. The molecule has 0 spiro atoms. The van der Waals surface area contributed by atoms with Crippen LogP contribution in [0.15, 0.2) is 12.1 Å². The quantitative estimate of drug-likeness (QED) is 0.818. The first-order chi connectivity index (χ1) is 11.9. The predicted molar refractivity (Wildman–Crippen MR) is 87.2 cm³/mol. The van der Waals surface area contributed by atoms with E-state index in [2.05, 4.69) is 14.9 Å². The summed E-state index contributed by atoms with van der Waals surface area (Å²) in [5, 5.41) is 0. The van der Waals surface area contributed by atoms with E-state index in [1.165, 1.54) is 0 Å². The molecule has 4 rings (SSSR count). The summed E-state index contributed by atoms with van der Waals surface area (Å²) >= 11 is 0. The van der Waals surface area contributed by atoms with Crippen LogP contribution in [0.1, 0.15) is 48.0 Å². The molecule has 1 aliphatic heterocycles. The summed E-state index contributed by atoms with van der Waals surface area (Å²) in [7, 11) is 0. The second-order valence-electron chi connectivity index (χ2n) is 7.18. The molecule has 1 unspecified atom stereocenters. The van der Waals surface area contributed by atoms with Crippen molar-refractivity contribution in [1.29, 1.82) is 0 Å². The van der Waals surface area contributed by atoms with Crippen LogP contribution < -0.4 is 5.73 Å². The Bertz CT molecular complexity index is 780. The zero-order chi connectivity index (χ0) is 17.7. The van der Waals surface area contributed by atoms with Crippen molar-refractivity contribution in [3.05, 3.63) is 52.4 Å². The summed E-state index contributed by atoms with van der Waals surface area (Å²) in [5.74, 6) is -2.26. The van der Waals surface area contributed by atoms with Crippen LogP contribution in [0, 0.1) is 24.4 Å². The lowest BCUT2D eigenvalue weighted by molar-refractivity contribution is 0.135. The Morgan fingerprint density at radius 3 is 2.60 bits per heavy atom. The third-order valence-corrected chi connectivity index (χ3v) is 5.52. The Balaban J connectivity index is 1.46. The molecule has 25 heavy (non-hydrogen) atoms. The van der Waals surface area contributed by atoms with E-state index in [4.69, 9.17) is 5.73 Å². The molecule has 1 aromatic carbocycles. The summed E-state index contributed by atoms with van der Waals surface area (Å²) in [4.78, 5) is 10.1. The second-order valence-corrected chi connectivity index (χ2v) is 7.18. The minimum Gasteiger partial charge on any atom is -0.345 e. The Hall–Kier alpha value is -1.86. The Labute approximate surface area is 144 Å². The maximum atomic E-state index is 14.1. The normalized spacial score (nSPS) is 26.8. The SMILES string of the molecule is Cc1nc2c([nH]1)CN([C@H]1CCC(c3cc(F)c(F)cc3F)[C@@H](N)C1)C2. The van der Waals surface area contributed by atoms with E-state index in [1.807, 2.05) is 6.92 Å². The third-order valence-electron chi connectivity index (χ3n) is 5.52. The largest absolute Gasteiger partial charge is 0.345 e. The van der Waals surface area contributed by atoms with E-state index in [0.717, 1.165) is 42.8 Å². The van der Waals surface area contributed by atoms with Crippen molar-refractivity contribution in [3.8, 4) is 0 Å². The fourth-order valence-electron chi connectivity index (χ4n) is 4.28. The molecule has 3 N–H and O–H groups in total. The van der Waals surface area contributed by atoms with Crippen LogP contribution >= 0.6 is 0 Å². The van der Waals surface area contributed by atoms with Crippen molar-refractivity contribution >= 4 is 0 Å². The molecule has 7 heteroatoms. The molecule has 3 atom stereocenters. The van der Waals surface area contributed by atoms with Gasteiger partial charge in [0.2, 0.25) is 0 Å². The van der Waals surface area contributed by atoms with Crippen LogP contribution in [0.5, 0.6) is 0 Å². The van der Waals surface area contributed by atoms with Crippen LogP contribution in [0.25, 0.3) is 0 Å². The number of nitrogens with zero attached hydrogens (tertiary/aromatic N) is 2. The van der Waals surface area contributed by atoms with Crippen molar-refractivity contribution in [2.75, 3.05) is 0 Å². The molecule has 1 saturated carbocycles. The number of aryl methyl sites for hydroxylation is 1. The van der Waals surface area contributed by atoms with Gasteiger partial charge in [-0.15, -0.1) is 0 Å². The molecule has 1 aromatic heterocycles. The van der Waals surface area contributed by atoms with E-state index in [0.29, 0.717) is 24.9 Å². The van der Waals surface area contributed by atoms with Crippen LogP contribution in [-0.2, 0) is 13.1 Å². The number of imidazole rings is 1. The summed E-state index contributed by atoms with van der Waals surface area (Å²) in [6.45, 7) is 3.55. The molecule has 0 radical (unpaired) electrons. The number of fused-ring (bicyclic) bond motifs is 1. The summed E-state index contributed by atoms with van der Waals surface area (Å²) in [6.07, 6.45) is 2.21. The number of H-pyrrole nitrogens is 1. The summed E-state index contributed by atoms with van der Waals surface area (Å²) in [6, 6.07) is 1.59. The maximum absolute atomic E-state index is 14.1. The van der Waals surface area contributed by atoms with Gasteiger partial charge in [0, 0.05) is 37.2 Å². The number of nitrogens with one attached hydrogen (secondary N) is 1. The molecule has 4 nitrogen and oxygen atoms in total. The maximum Gasteiger partial charge on any atom is 0.161 e. The summed E-state index contributed by atoms with van der Waals surface area (Å²) in [5.41, 5.74) is 8.72. The van der Waals surface area contributed by atoms with Gasteiger partial charge in [0.25, 0.3) is 0 Å². The molecular weight excluding hydrogens is 329 g/mol.